The Kier molecular flexibility index (Phi) is 4.88. The molecule has 0 aliphatic carbocycles. The molecule has 1 unspecified atom stereocenters. The van der Waals surface area contributed by atoms with Crippen LogP contribution in [0.2, 0.25) is 5.02 Å². The van der Waals surface area contributed by atoms with Gasteiger partial charge in [-0.1, -0.05) is 29.8 Å². The number of para-hydroxylation sites is 1. The highest BCUT2D eigenvalue weighted by molar-refractivity contribution is 8.00. The number of anilines is 1. The highest BCUT2D eigenvalue weighted by atomic mass is 35.5. The van der Waals surface area contributed by atoms with E-state index in [1.807, 2.05) is 61.5 Å². The van der Waals surface area contributed by atoms with Crippen LogP contribution in [0.25, 0.3) is 0 Å². The molecule has 19 heavy (non-hydrogen) atoms. The van der Waals surface area contributed by atoms with Crippen LogP contribution in [0.4, 0.5) is 5.69 Å². The smallest absolute Gasteiger partial charge is 0.237 e. The minimum atomic E-state index is -0.165. The van der Waals surface area contributed by atoms with Gasteiger partial charge in [0, 0.05) is 15.6 Å². The molecule has 0 aliphatic heterocycles. The summed E-state index contributed by atoms with van der Waals surface area (Å²) in [6, 6.07) is 16.9. The van der Waals surface area contributed by atoms with Crippen LogP contribution in [0.1, 0.15) is 6.92 Å². The van der Waals surface area contributed by atoms with Gasteiger partial charge in [-0.3, -0.25) is 4.79 Å². The third kappa shape index (κ3) is 4.30. The molecular weight excluding hydrogens is 278 g/mol. The topological polar surface area (TPSA) is 29.1 Å². The van der Waals surface area contributed by atoms with Crippen LogP contribution in [-0.4, -0.2) is 11.2 Å². The SMILES string of the molecule is CC(Sc1ccc(Cl)cc1)C(=O)Nc1ccccc1. The predicted octanol–water partition coefficient (Wildman–Crippen LogP) is 4.46. The van der Waals surface area contributed by atoms with Crippen molar-refractivity contribution >= 4 is 35.0 Å². The first kappa shape index (κ1) is 14.0. The number of amides is 1. The van der Waals surface area contributed by atoms with E-state index in [1.54, 1.807) is 0 Å². The first-order valence-electron chi connectivity index (χ1n) is 5.93. The zero-order chi connectivity index (χ0) is 13.7. The van der Waals surface area contributed by atoms with E-state index in [9.17, 15) is 4.79 Å². The maximum atomic E-state index is 12.0. The second-order valence-corrected chi connectivity index (χ2v) is 5.92. The monoisotopic (exact) mass is 291 g/mol. The average molecular weight is 292 g/mol. The molecule has 0 spiro atoms. The van der Waals surface area contributed by atoms with Crippen molar-refractivity contribution in [3.63, 3.8) is 0 Å². The molecule has 0 radical (unpaired) electrons. The van der Waals surface area contributed by atoms with Crippen molar-refractivity contribution in [1.29, 1.82) is 0 Å². The average Bonchev–Trinajstić information content (AvgIpc) is 2.42. The van der Waals surface area contributed by atoms with E-state index >= 15 is 0 Å². The van der Waals surface area contributed by atoms with Gasteiger partial charge >= 0.3 is 0 Å². The van der Waals surface area contributed by atoms with E-state index in [2.05, 4.69) is 5.32 Å². The standard InChI is InChI=1S/C15H14ClNOS/c1-11(19-14-9-7-12(16)8-10-14)15(18)17-13-5-3-2-4-6-13/h2-11H,1H3,(H,17,18). The summed E-state index contributed by atoms with van der Waals surface area (Å²) in [6.45, 7) is 1.89. The summed E-state index contributed by atoms with van der Waals surface area (Å²) in [5, 5.41) is 3.42. The maximum Gasteiger partial charge on any atom is 0.237 e. The maximum absolute atomic E-state index is 12.0. The summed E-state index contributed by atoms with van der Waals surface area (Å²) in [5.41, 5.74) is 0.816. The normalized spacial score (nSPS) is 11.9. The number of hydrogen-bond acceptors (Lipinski definition) is 2. The first-order valence-corrected chi connectivity index (χ1v) is 7.19. The number of halogens is 1. The molecule has 2 aromatic rings. The zero-order valence-electron chi connectivity index (χ0n) is 10.5. The van der Waals surface area contributed by atoms with Crippen molar-refractivity contribution in [3.05, 3.63) is 59.6 Å². The van der Waals surface area contributed by atoms with E-state index in [-0.39, 0.29) is 11.2 Å². The molecule has 0 fully saturated rings. The Labute approximate surface area is 122 Å². The summed E-state index contributed by atoms with van der Waals surface area (Å²) in [7, 11) is 0. The Hall–Kier alpha value is -1.45. The van der Waals surface area contributed by atoms with Crippen LogP contribution in [0.5, 0.6) is 0 Å². The molecule has 2 rings (SSSR count). The summed E-state index contributed by atoms with van der Waals surface area (Å²) in [6.07, 6.45) is 0. The van der Waals surface area contributed by atoms with Crippen molar-refractivity contribution in [1.82, 2.24) is 0 Å². The number of thioether (sulfide) groups is 1. The molecule has 0 aliphatic rings. The Morgan fingerprint density at radius 2 is 1.74 bits per heavy atom. The Morgan fingerprint density at radius 1 is 1.11 bits per heavy atom. The van der Waals surface area contributed by atoms with Gasteiger partial charge in [-0.05, 0) is 43.3 Å². The van der Waals surface area contributed by atoms with Crippen LogP contribution in [0, 0.1) is 0 Å². The number of hydrogen-bond donors (Lipinski definition) is 1. The fraction of sp³-hybridized carbons (Fsp3) is 0.133. The van der Waals surface area contributed by atoms with Crippen molar-refractivity contribution in [2.75, 3.05) is 5.32 Å². The number of nitrogens with one attached hydrogen (secondary N) is 1. The van der Waals surface area contributed by atoms with Crippen molar-refractivity contribution in [2.45, 2.75) is 17.1 Å². The van der Waals surface area contributed by atoms with Gasteiger partial charge in [0.1, 0.15) is 0 Å². The molecular formula is C15H14ClNOS. The predicted molar refractivity (Wildman–Crippen MR) is 81.8 cm³/mol. The Morgan fingerprint density at radius 3 is 2.37 bits per heavy atom. The number of carbonyl (C=O) groups excluding carboxylic acids is 1. The first-order chi connectivity index (χ1) is 9.15. The zero-order valence-corrected chi connectivity index (χ0v) is 12.0. The van der Waals surface area contributed by atoms with Crippen molar-refractivity contribution in [3.8, 4) is 0 Å². The molecule has 0 saturated heterocycles. The lowest BCUT2D eigenvalue weighted by atomic mass is 10.3. The second-order valence-electron chi connectivity index (χ2n) is 4.07. The van der Waals surface area contributed by atoms with Crippen LogP contribution < -0.4 is 5.32 Å². The van der Waals surface area contributed by atoms with Gasteiger partial charge < -0.3 is 5.32 Å². The molecule has 2 aromatic carbocycles. The van der Waals surface area contributed by atoms with Crippen molar-refractivity contribution in [2.24, 2.45) is 0 Å². The summed E-state index contributed by atoms with van der Waals surface area (Å²) < 4.78 is 0. The number of carbonyl (C=O) groups is 1. The van der Waals surface area contributed by atoms with Gasteiger partial charge in [0.15, 0.2) is 0 Å². The van der Waals surface area contributed by atoms with Gasteiger partial charge in [-0.15, -0.1) is 11.8 Å². The summed E-state index contributed by atoms with van der Waals surface area (Å²) in [4.78, 5) is 13.1. The molecule has 2 nitrogen and oxygen atoms in total. The molecule has 1 N–H and O–H groups in total. The minimum Gasteiger partial charge on any atom is -0.325 e. The molecule has 1 atom stereocenters. The summed E-state index contributed by atoms with van der Waals surface area (Å²) >= 11 is 7.34. The van der Waals surface area contributed by atoms with Gasteiger partial charge in [0.05, 0.1) is 5.25 Å². The third-order valence-corrected chi connectivity index (χ3v) is 3.90. The summed E-state index contributed by atoms with van der Waals surface area (Å²) in [5.74, 6) is -0.00819. The lowest BCUT2D eigenvalue weighted by Crippen LogP contribution is -2.22. The van der Waals surface area contributed by atoms with E-state index in [4.69, 9.17) is 11.6 Å². The number of benzene rings is 2. The van der Waals surface area contributed by atoms with Crippen LogP contribution >= 0.6 is 23.4 Å². The fourth-order valence-corrected chi connectivity index (χ4v) is 2.53. The van der Waals surface area contributed by atoms with E-state index in [0.717, 1.165) is 10.6 Å². The lowest BCUT2D eigenvalue weighted by molar-refractivity contribution is -0.115. The van der Waals surface area contributed by atoms with Crippen LogP contribution in [-0.2, 0) is 4.79 Å². The van der Waals surface area contributed by atoms with Gasteiger partial charge in [0.2, 0.25) is 5.91 Å². The molecule has 1 amide bonds. The number of rotatable bonds is 4. The van der Waals surface area contributed by atoms with Gasteiger partial charge in [0.25, 0.3) is 0 Å². The van der Waals surface area contributed by atoms with E-state index in [1.165, 1.54) is 11.8 Å². The molecule has 4 heteroatoms. The lowest BCUT2D eigenvalue weighted by Gasteiger charge is -2.12. The Bertz CT molecular complexity index is 542. The molecule has 98 valence electrons. The molecule has 0 heterocycles. The quantitative estimate of drug-likeness (QED) is 0.843. The fourth-order valence-electron chi connectivity index (χ4n) is 1.54. The highest BCUT2D eigenvalue weighted by Gasteiger charge is 2.14. The highest BCUT2D eigenvalue weighted by Crippen LogP contribution is 2.25. The minimum absolute atomic E-state index is 0.00819. The molecule has 0 saturated carbocycles. The molecule has 0 bridgehead atoms. The largest absolute Gasteiger partial charge is 0.325 e. The molecule has 0 aromatic heterocycles. The van der Waals surface area contributed by atoms with Crippen LogP contribution in [0.3, 0.4) is 0 Å². The van der Waals surface area contributed by atoms with E-state index < -0.39 is 0 Å². The Balaban J connectivity index is 1.94. The van der Waals surface area contributed by atoms with Gasteiger partial charge in [-0.25, -0.2) is 0 Å². The van der Waals surface area contributed by atoms with Crippen LogP contribution in [0.15, 0.2) is 59.5 Å². The third-order valence-electron chi connectivity index (χ3n) is 2.54. The van der Waals surface area contributed by atoms with Crippen molar-refractivity contribution < 1.29 is 4.79 Å². The second kappa shape index (κ2) is 6.64. The van der Waals surface area contributed by atoms with E-state index in [0.29, 0.717) is 5.02 Å². The van der Waals surface area contributed by atoms with Gasteiger partial charge in [-0.2, -0.15) is 0 Å².